The van der Waals surface area contributed by atoms with E-state index in [1.807, 2.05) is 4.72 Å². The molecule has 0 saturated carbocycles. The number of nitro benzene ring substituents is 1. The largest absolute Gasteiger partial charge is 0.288 e. The highest BCUT2D eigenvalue weighted by atomic mass is 35.5. The second-order valence-electron chi connectivity index (χ2n) is 3.82. The first-order valence-corrected chi connectivity index (χ1v) is 7.24. The minimum atomic E-state index is -4.26. The molecule has 0 radical (unpaired) electrons. The molecule has 0 spiro atoms. The summed E-state index contributed by atoms with van der Waals surface area (Å²) in [5.41, 5.74) is -0.417. The van der Waals surface area contributed by atoms with E-state index >= 15 is 0 Å². The third-order valence-electron chi connectivity index (χ3n) is 2.38. The number of anilines is 1. The van der Waals surface area contributed by atoms with Crippen LogP contribution in [-0.2, 0) is 10.0 Å². The van der Waals surface area contributed by atoms with Gasteiger partial charge >= 0.3 is 0 Å². The zero-order valence-electron chi connectivity index (χ0n) is 10.2. The molecule has 0 unspecified atom stereocenters. The Morgan fingerprint density at radius 3 is 2.62 bits per heavy atom. The molecule has 7 nitrogen and oxygen atoms in total. The predicted octanol–water partition coefficient (Wildman–Crippen LogP) is 2.58. The summed E-state index contributed by atoms with van der Waals surface area (Å²) in [6.45, 7) is 0. The number of sulfonamides is 1. The number of pyridine rings is 1. The summed E-state index contributed by atoms with van der Waals surface area (Å²) in [5, 5.41) is 9.58. The van der Waals surface area contributed by atoms with Crippen LogP contribution in [0.25, 0.3) is 0 Å². The number of halogens is 2. The third-order valence-corrected chi connectivity index (χ3v) is 3.99. The van der Waals surface area contributed by atoms with Crippen molar-refractivity contribution >= 4 is 33.0 Å². The number of hydrogen-bond acceptors (Lipinski definition) is 5. The molecule has 110 valence electrons. The van der Waals surface area contributed by atoms with Crippen LogP contribution >= 0.6 is 11.6 Å². The Bertz CT molecular complexity index is 813. The summed E-state index contributed by atoms with van der Waals surface area (Å²) in [5.74, 6) is -1.02. The van der Waals surface area contributed by atoms with E-state index in [1.165, 1.54) is 6.07 Å². The first kappa shape index (κ1) is 15.1. The Kier molecular flexibility index (Phi) is 4.05. The van der Waals surface area contributed by atoms with E-state index in [0.29, 0.717) is 0 Å². The maximum Gasteiger partial charge on any atom is 0.288 e. The number of benzene rings is 1. The van der Waals surface area contributed by atoms with Gasteiger partial charge in [0.15, 0.2) is 5.82 Å². The summed E-state index contributed by atoms with van der Waals surface area (Å²) in [6.07, 6.45) is 1.13. The number of nitrogens with one attached hydrogen (secondary N) is 1. The van der Waals surface area contributed by atoms with Gasteiger partial charge in [0.05, 0.1) is 10.6 Å². The lowest BCUT2D eigenvalue weighted by atomic mass is 10.3. The van der Waals surface area contributed by atoms with Gasteiger partial charge in [0.1, 0.15) is 5.02 Å². The van der Waals surface area contributed by atoms with Gasteiger partial charge in [0.2, 0.25) is 5.03 Å². The molecule has 0 amide bonds. The van der Waals surface area contributed by atoms with Crippen molar-refractivity contribution in [2.24, 2.45) is 0 Å². The van der Waals surface area contributed by atoms with Gasteiger partial charge in [-0.2, -0.15) is 8.42 Å². The molecule has 10 heteroatoms. The van der Waals surface area contributed by atoms with Crippen LogP contribution < -0.4 is 4.72 Å². The van der Waals surface area contributed by atoms with Crippen molar-refractivity contribution in [3.63, 3.8) is 0 Å². The Morgan fingerprint density at radius 1 is 1.33 bits per heavy atom. The minimum Gasteiger partial charge on any atom is -0.278 e. The van der Waals surface area contributed by atoms with Gasteiger partial charge in [-0.25, -0.2) is 9.37 Å². The Labute approximate surface area is 123 Å². The van der Waals surface area contributed by atoms with Crippen LogP contribution in [0.2, 0.25) is 5.02 Å². The van der Waals surface area contributed by atoms with Crippen LogP contribution in [0.4, 0.5) is 15.8 Å². The fourth-order valence-corrected chi connectivity index (χ4v) is 2.80. The maximum absolute atomic E-state index is 13.4. The van der Waals surface area contributed by atoms with Crippen molar-refractivity contribution in [1.82, 2.24) is 4.98 Å². The number of rotatable bonds is 4. The van der Waals surface area contributed by atoms with E-state index in [2.05, 4.69) is 4.98 Å². The average Bonchev–Trinajstić information content (AvgIpc) is 2.38. The van der Waals surface area contributed by atoms with Crippen LogP contribution in [0.5, 0.6) is 0 Å². The maximum atomic E-state index is 13.4. The van der Waals surface area contributed by atoms with Crippen LogP contribution in [0.15, 0.2) is 41.6 Å². The van der Waals surface area contributed by atoms with Crippen molar-refractivity contribution in [2.45, 2.75) is 5.03 Å². The van der Waals surface area contributed by atoms with E-state index < -0.39 is 25.8 Å². The number of nitrogens with zero attached hydrogens (tertiary/aromatic N) is 2. The van der Waals surface area contributed by atoms with Gasteiger partial charge in [-0.3, -0.25) is 14.8 Å². The van der Waals surface area contributed by atoms with E-state index in [-0.39, 0.29) is 16.4 Å². The third kappa shape index (κ3) is 3.26. The molecule has 1 heterocycles. The lowest BCUT2D eigenvalue weighted by molar-refractivity contribution is -0.384. The molecule has 0 fully saturated rings. The number of hydrogen-bond donors (Lipinski definition) is 1. The summed E-state index contributed by atoms with van der Waals surface area (Å²) in [4.78, 5) is 13.3. The van der Waals surface area contributed by atoms with Crippen LogP contribution in [-0.4, -0.2) is 18.3 Å². The van der Waals surface area contributed by atoms with E-state index in [1.54, 1.807) is 0 Å². The summed E-state index contributed by atoms with van der Waals surface area (Å²) in [6, 6.07) is 5.43. The number of nitro groups is 1. The quantitative estimate of drug-likeness (QED) is 0.685. The van der Waals surface area contributed by atoms with Gasteiger partial charge in [-0.1, -0.05) is 11.6 Å². The van der Waals surface area contributed by atoms with Crippen molar-refractivity contribution in [3.8, 4) is 0 Å². The van der Waals surface area contributed by atoms with Crippen LogP contribution in [0, 0.1) is 15.9 Å². The van der Waals surface area contributed by atoms with Crippen molar-refractivity contribution < 1.29 is 17.7 Å². The van der Waals surface area contributed by atoms with E-state index in [9.17, 15) is 22.9 Å². The molecule has 0 aliphatic rings. The van der Waals surface area contributed by atoms with Gasteiger partial charge < -0.3 is 0 Å². The summed E-state index contributed by atoms with van der Waals surface area (Å²) >= 11 is 5.66. The topological polar surface area (TPSA) is 102 Å². The zero-order valence-corrected chi connectivity index (χ0v) is 11.7. The molecule has 1 aromatic carbocycles. The molecule has 1 N–H and O–H groups in total. The molecule has 2 aromatic rings. The Morgan fingerprint density at radius 2 is 2.05 bits per heavy atom. The molecule has 0 atom stereocenters. The molecule has 0 bridgehead atoms. The van der Waals surface area contributed by atoms with Crippen molar-refractivity contribution in [1.29, 1.82) is 0 Å². The minimum absolute atomic E-state index is 0.0457. The van der Waals surface area contributed by atoms with E-state index in [4.69, 9.17) is 11.6 Å². The van der Waals surface area contributed by atoms with Crippen LogP contribution in [0.1, 0.15) is 0 Å². The molecular formula is C11H7ClFN3O4S. The molecular weight excluding hydrogens is 325 g/mol. The SMILES string of the molecule is O=[N+]([O-])c1ccc(NS(=O)(=O)c2ncccc2F)cc1Cl. The Balaban J connectivity index is 2.36. The first-order chi connectivity index (χ1) is 9.81. The normalized spacial score (nSPS) is 11.1. The highest BCUT2D eigenvalue weighted by Crippen LogP contribution is 2.28. The second kappa shape index (κ2) is 5.62. The predicted molar refractivity (Wildman–Crippen MR) is 73.1 cm³/mol. The fraction of sp³-hybridized carbons (Fsp3) is 0. The molecule has 2 rings (SSSR count). The lowest BCUT2D eigenvalue weighted by Crippen LogP contribution is -2.16. The smallest absolute Gasteiger partial charge is 0.278 e. The average molecular weight is 332 g/mol. The van der Waals surface area contributed by atoms with Gasteiger partial charge in [-0.05, 0) is 24.3 Å². The van der Waals surface area contributed by atoms with Gasteiger partial charge in [0, 0.05) is 12.3 Å². The highest BCUT2D eigenvalue weighted by Gasteiger charge is 2.21. The zero-order chi connectivity index (χ0) is 15.6. The Hall–Kier alpha value is -2.26. The standard InChI is InChI=1S/C11H7ClFN3O4S/c12-8-6-7(3-4-10(8)16(17)18)15-21(19,20)11-9(13)2-1-5-14-11/h1-6,15H. The van der Waals surface area contributed by atoms with Crippen molar-refractivity contribution in [3.05, 3.63) is 57.5 Å². The van der Waals surface area contributed by atoms with Crippen LogP contribution in [0.3, 0.4) is 0 Å². The molecule has 0 aliphatic heterocycles. The summed E-state index contributed by atoms with van der Waals surface area (Å²) in [7, 11) is -4.26. The monoisotopic (exact) mass is 331 g/mol. The lowest BCUT2D eigenvalue weighted by Gasteiger charge is -2.08. The molecule has 0 aliphatic carbocycles. The van der Waals surface area contributed by atoms with E-state index in [0.717, 1.165) is 30.5 Å². The first-order valence-electron chi connectivity index (χ1n) is 5.38. The second-order valence-corrected chi connectivity index (χ2v) is 5.82. The molecule has 21 heavy (non-hydrogen) atoms. The molecule has 1 aromatic heterocycles. The summed E-state index contributed by atoms with van der Waals surface area (Å²) < 4.78 is 39.4. The molecule has 0 saturated heterocycles. The highest BCUT2D eigenvalue weighted by molar-refractivity contribution is 7.92. The fourth-order valence-electron chi connectivity index (χ4n) is 1.49. The van der Waals surface area contributed by atoms with Crippen molar-refractivity contribution in [2.75, 3.05) is 4.72 Å². The van der Waals surface area contributed by atoms with Gasteiger partial charge in [-0.15, -0.1) is 0 Å². The number of aromatic nitrogens is 1. The van der Waals surface area contributed by atoms with Gasteiger partial charge in [0.25, 0.3) is 15.7 Å².